The normalized spacial score (nSPS) is 15.2. The molecule has 3 N–H and O–H groups in total. The predicted molar refractivity (Wildman–Crippen MR) is 122 cm³/mol. The van der Waals surface area contributed by atoms with Crippen LogP contribution in [-0.4, -0.2) is 29.3 Å². The van der Waals surface area contributed by atoms with Crippen molar-refractivity contribution in [3.8, 4) is 5.75 Å². The van der Waals surface area contributed by atoms with Gasteiger partial charge in [-0.2, -0.15) is 26.3 Å². The summed E-state index contributed by atoms with van der Waals surface area (Å²) in [4.78, 5) is 8.40. The number of rotatable bonds is 8. The molecule has 0 unspecified atom stereocenters. The predicted octanol–water partition coefficient (Wildman–Crippen LogP) is 6.29. The molecule has 0 amide bonds. The van der Waals surface area contributed by atoms with Crippen molar-refractivity contribution in [2.75, 3.05) is 24.3 Å². The topological polar surface area (TPSA) is 82.3 Å². The first-order chi connectivity index (χ1) is 16.8. The number of ether oxygens (including phenoxy) is 2. The van der Waals surface area contributed by atoms with E-state index in [0.717, 1.165) is 31.0 Å². The Hall–Kier alpha value is -3.28. The first-order valence-electron chi connectivity index (χ1n) is 11.2. The first-order valence-corrected chi connectivity index (χ1v) is 11.2. The molecular formula is C24H24F6N4O2. The second kappa shape index (κ2) is 9.64. The third-order valence-electron chi connectivity index (χ3n) is 5.59. The Balaban J connectivity index is 1.69. The van der Waals surface area contributed by atoms with Gasteiger partial charge in [-0.3, -0.25) is 0 Å². The number of aryl methyl sites for hydroxylation is 1. The fourth-order valence-corrected chi connectivity index (χ4v) is 3.70. The Morgan fingerprint density at radius 3 is 2.36 bits per heavy atom. The molecule has 1 saturated carbocycles. The molecular weight excluding hydrogens is 490 g/mol. The molecule has 0 saturated heterocycles. The molecule has 0 spiro atoms. The Kier molecular flexibility index (Phi) is 6.91. The maximum atomic E-state index is 13.8. The highest BCUT2D eigenvalue weighted by molar-refractivity contribution is 5.91. The minimum absolute atomic E-state index is 0.00895. The Bertz CT molecular complexity index is 1260. The van der Waals surface area contributed by atoms with Crippen LogP contribution in [0.5, 0.6) is 5.75 Å². The Morgan fingerprint density at radius 1 is 1.00 bits per heavy atom. The molecule has 12 heteroatoms. The van der Waals surface area contributed by atoms with Crippen molar-refractivity contribution in [3.05, 3.63) is 52.8 Å². The van der Waals surface area contributed by atoms with Crippen LogP contribution in [0.3, 0.4) is 0 Å². The SMILES string of the molecule is Cc1nc(N[C@H](C)c2cc(N)cc(C(F)(F)F)c2)c2cc(OCCOC3CC3)c(C(F)(F)F)cc2n1. The lowest BCUT2D eigenvalue weighted by atomic mass is 10.0. The van der Waals surface area contributed by atoms with E-state index < -0.39 is 35.3 Å². The van der Waals surface area contributed by atoms with Crippen LogP contribution in [0.4, 0.5) is 37.8 Å². The standard InChI is InChI=1S/C24H24F6N4O2/c1-12(14-7-15(23(25,26)27)9-16(31)8-14)32-22-18-10-21(36-6-5-35-17-3-4-17)19(24(28,29)30)11-20(18)33-13(2)34-22/h7-12,17H,3-6,31H2,1-2H3,(H,32,33,34)/t12-/m1/s1. The molecule has 1 fully saturated rings. The second-order valence-corrected chi connectivity index (χ2v) is 8.65. The van der Waals surface area contributed by atoms with Crippen LogP contribution in [0.2, 0.25) is 0 Å². The molecule has 3 aromatic rings. The average Bonchev–Trinajstić information content (AvgIpc) is 3.59. The van der Waals surface area contributed by atoms with Crippen LogP contribution in [0, 0.1) is 6.92 Å². The van der Waals surface area contributed by atoms with Crippen molar-refractivity contribution in [2.45, 2.75) is 51.2 Å². The van der Waals surface area contributed by atoms with Gasteiger partial charge in [0.1, 0.15) is 24.0 Å². The summed E-state index contributed by atoms with van der Waals surface area (Å²) in [6.07, 6.45) is -7.32. The molecule has 2 aromatic carbocycles. The van der Waals surface area contributed by atoms with E-state index in [1.807, 2.05) is 0 Å². The number of hydrogen-bond donors (Lipinski definition) is 2. The maximum absolute atomic E-state index is 13.8. The lowest BCUT2D eigenvalue weighted by molar-refractivity contribution is -0.139. The molecule has 194 valence electrons. The quantitative estimate of drug-likeness (QED) is 0.209. The third kappa shape index (κ3) is 6.10. The first kappa shape index (κ1) is 25.8. The number of fused-ring (bicyclic) bond motifs is 1. The number of benzene rings is 2. The van der Waals surface area contributed by atoms with Gasteiger partial charge in [-0.1, -0.05) is 0 Å². The van der Waals surface area contributed by atoms with Gasteiger partial charge in [-0.25, -0.2) is 9.97 Å². The van der Waals surface area contributed by atoms with Gasteiger partial charge in [-0.15, -0.1) is 0 Å². The van der Waals surface area contributed by atoms with E-state index in [9.17, 15) is 26.3 Å². The van der Waals surface area contributed by atoms with Crippen molar-refractivity contribution in [2.24, 2.45) is 0 Å². The lowest BCUT2D eigenvalue weighted by Crippen LogP contribution is -2.14. The van der Waals surface area contributed by atoms with Crippen molar-refractivity contribution >= 4 is 22.4 Å². The van der Waals surface area contributed by atoms with Gasteiger partial charge < -0.3 is 20.5 Å². The average molecular weight is 514 g/mol. The Morgan fingerprint density at radius 2 is 1.72 bits per heavy atom. The van der Waals surface area contributed by atoms with Crippen LogP contribution in [0.1, 0.15) is 48.3 Å². The maximum Gasteiger partial charge on any atom is 0.420 e. The molecule has 4 rings (SSSR count). The summed E-state index contributed by atoms with van der Waals surface area (Å²) < 4.78 is 91.8. The number of nitrogens with one attached hydrogen (secondary N) is 1. The van der Waals surface area contributed by atoms with E-state index in [2.05, 4.69) is 15.3 Å². The van der Waals surface area contributed by atoms with Crippen LogP contribution in [0.25, 0.3) is 10.9 Å². The molecule has 1 heterocycles. The highest BCUT2D eigenvalue weighted by Crippen LogP contribution is 2.40. The third-order valence-corrected chi connectivity index (χ3v) is 5.59. The van der Waals surface area contributed by atoms with Crippen molar-refractivity contribution < 1.29 is 35.8 Å². The molecule has 1 aliphatic carbocycles. The number of nitrogens with two attached hydrogens (primary N) is 1. The summed E-state index contributed by atoms with van der Waals surface area (Å²) in [5, 5.41) is 3.21. The van der Waals surface area contributed by atoms with E-state index in [4.69, 9.17) is 15.2 Å². The van der Waals surface area contributed by atoms with Crippen LogP contribution in [-0.2, 0) is 17.1 Å². The highest BCUT2D eigenvalue weighted by Gasteiger charge is 2.36. The van der Waals surface area contributed by atoms with Crippen LogP contribution in [0.15, 0.2) is 30.3 Å². The smallest absolute Gasteiger partial charge is 0.420 e. The number of halogens is 6. The van der Waals surface area contributed by atoms with E-state index >= 15 is 0 Å². The van der Waals surface area contributed by atoms with E-state index in [-0.39, 0.29) is 53.1 Å². The van der Waals surface area contributed by atoms with Gasteiger partial charge in [-0.05, 0) is 62.6 Å². The summed E-state index contributed by atoms with van der Waals surface area (Å²) in [6, 6.07) is 4.52. The molecule has 0 aliphatic heterocycles. The van der Waals surface area contributed by atoms with E-state index in [1.54, 1.807) is 6.92 Å². The van der Waals surface area contributed by atoms with Crippen molar-refractivity contribution in [3.63, 3.8) is 0 Å². The Labute approximate surface area is 202 Å². The molecule has 1 atom stereocenters. The highest BCUT2D eigenvalue weighted by atomic mass is 19.4. The van der Waals surface area contributed by atoms with E-state index in [0.29, 0.717) is 0 Å². The summed E-state index contributed by atoms with van der Waals surface area (Å²) in [5.74, 6) is -0.0879. The van der Waals surface area contributed by atoms with Crippen LogP contribution >= 0.6 is 0 Å². The van der Waals surface area contributed by atoms with Gasteiger partial charge in [0, 0.05) is 11.1 Å². The fraction of sp³-hybridized carbons (Fsp3) is 0.417. The van der Waals surface area contributed by atoms with Crippen molar-refractivity contribution in [1.29, 1.82) is 0 Å². The summed E-state index contributed by atoms with van der Waals surface area (Å²) in [6.45, 7) is 3.16. The van der Waals surface area contributed by atoms with Gasteiger partial charge in [0.25, 0.3) is 0 Å². The largest absolute Gasteiger partial charge is 0.491 e. The molecule has 0 radical (unpaired) electrons. The summed E-state index contributed by atoms with van der Waals surface area (Å²) in [5.41, 5.74) is 3.93. The zero-order valence-corrected chi connectivity index (χ0v) is 19.4. The minimum Gasteiger partial charge on any atom is -0.491 e. The van der Waals surface area contributed by atoms with Gasteiger partial charge >= 0.3 is 12.4 Å². The molecule has 6 nitrogen and oxygen atoms in total. The number of alkyl halides is 6. The summed E-state index contributed by atoms with van der Waals surface area (Å²) in [7, 11) is 0. The van der Waals surface area contributed by atoms with Gasteiger partial charge in [0.2, 0.25) is 0 Å². The number of anilines is 2. The molecule has 36 heavy (non-hydrogen) atoms. The fourth-order valence-electron chi connectivity index (χ4n) is 3.70. The molecule has 0 bridgehead atoms. The van der Waals surface area contributed by atoms with E-state index in [1.165, 1.54) is 19.1 Å². The molecule has 1 aliphatic rings. The monoisotopic (exact) mass is 514 g/mol. The number of aromatic nitrogens is 2. The van der Waals surface area contributed by atoms with Crippen LogP contribution < -0.4 is 15.8 Å². The van der Waals surface area contributed by atoms with Crippen molar-refractivity contribution in [1.82, 2.24) is 9.97 Å². The zero-order chi connectivity index (χ0) is 26.3. The number of nitrogens with zero attached hydrogens (tertiary/aromatic N) is 2. The number of hydrogen-bond acceptors (Lipinski definition) is 6. The minimum atomic E-state index is -4.70. The van der Waals surface area contributed by atoms with Gasteiger partial charge in [0.05, 0.1) is 35.4 Å². The lowest BCUT2D eigenvalue weighted by Gasteiger charge is -2.20. The molecule has 1 aromatic heterocycles. The summed E-state index contributed by atoms with van der Waals surface area (Å²) >= 11 is 0. The number of nitrogen functional groups attached to an aromatic ring is 1. The van der Waals surface area contributed by atoms with Gasteiger partial charge in [0.15, 0.2) is 0 Å². The zero-order valence-electron chi connectivity index (χ0n) is 19.4. The second-order valence-electron chi connectivity index (χ2n) is 8.65.